The van der Waals surface area contributed by atoms with Gasteiger partial charge in [-0.2, -0.15) is 5.10 Å². The molecule has 0 spiro atoms. The van der Waals surface area contributed by atoms with Gasteiger partial charge in [0.25, 0.3) is 5.91 Å². The summed E-state index contributed by atoms with van der Waals surface area (Å²) in [7, 11) is 3.00. The molecular weight excluding hydrogens is 338 g/mol. The van der Waals surface area contributed by atoms with Crippen molar-refractivity contribution in [2.75, 3.05) is 14.2 Å². The van der Waals surface area contributed by atoms with Crippen molar-refractivity contribution < 1.29 is 23.5 Å². The maximum absolute atomic E-state index is 12.2. The zero-order valence-electron chi connectivity index (χ0n) is 14.9. The molecule has 0 fully saturated rings. The molecule has 2 N–H and O–H groups in total. The van der Waals surface area contributed by atoms with E-state index in [1.165, 1.54) is 20.5 Å². The number of furan rings is 1. The van der Waals surface area contributed by atoms with Gasteiger partial charge in [0.1, 0.15) is 17.3 Å². The first-order valence-electron chi connectivity index (χ1n) is 7.87. The first kappa shape index (κ1) is 19.0. The average molecular weight is 359 g/mol. The van der Waals surface area contributed by atoms with Crippen LogP contribution in [0.25, 0.3) is 0 Å². The molecule has 1 aromatic heterocycles. The Morgan fingerprint density at radius 3 is 2.42 bits per heavy atom. The number of hydrazone groups is 1. The Bertz CT molecular complexity index is 762. The number of methoxy groups -OCH3 is 2. The van der Waals surface area contributed by atoms with Crippen LogP contribution in [0.3, 0.4) is 0 Å². The van der Waals surface area contributed by atoms with Crippen molar-refractivity contribution in [1.29, 1.82) is 0 Å². The molecule has 0 unspecified atom stereocenters. The normalized spacial score (nSPS) is 11.0. The summed E-state index contributed by atoms with van der Waals surface area (Å²) in [5, 5.41) is 6.65. The summed E-state index contributed by atoms with van der Waals surface area (Å²) in [6.07, 6.45) is 1.60. The molecule has 0 radical (unpaired) electrons. The van der Waals surface area contributed by atoms with Gasteiger partial charge in [0.2, 0.25) is 5.91 Å². The molecule has 2 amide bonds. The third-order valence-electron chi connectivity index (χ3n) is 3.42. The van der Waals surface area contributed by atoms with Crippen molar-refractivity contribution in [1.82, 2.24) is 10.7 Å². The number of hydrogen-bond donors (Lipinski definition) is 2. The van der Waals surface area contributed by atoms with Crippen molar-refractivity contribution in [2.45, 2.75) is 19.9 Å². The van der Waals surface area contributed by atoms with Gasteiger partial charge in [0.15, 0.2) is 0 Å². The molecule has 26 heavy (non-hydrogen) atoms. The van der Waals surface area contributed by atoms with Gasteiger partial charge < -0.3 is 19.2 Å². The number of hydrogen-bond acceptors (Lipinski definition) is 6. The molecular formula is C18H21N3O5. The SMILES string of the molecule is COc1cc(OC)cc(C(=O)N/N=C(\C)CC(=O)NCc2ccco2)c1. The molecule has 138 valence electrons. The molecule has 0 saturated carbocycles. The van der Waals surface area contributed by atoms with Crippen LogP contribution in [0, 0.1) is 0 Å². The Morgan fingerprint density at radius 1 is 1.15 bits per heavy atom. The van der Waals surface area contributed by atoms with Gasteiger partial charge in [-0.1, -0.05) is 0 Å². The Morgan fingerprint density at radius 2 is 1.85 bits per heavy atom. The van der Waals surface area contributed by atoms with Crippen LogP contribution < -0.4 is 20.2 Å². The fraction of sp³-hybridized carbons (Fsp3) is 0.278. The van der Waals surface area contributed by atoms with Crippen LogP contribution in [0.2, 0.25) is 0 Å². The monoisotopic (exact) mass is 359 g/mol. The van der Waals surface area contributed by atoms with E-state index in [1.807, 2.05) is 0 Å². The maximum atomic E-state index is 12.2. The van der Waals surface area contributed by atoms with Crippen LogP contribution >= 0.6 is 0 Å². The van der Waals surface area contributed by atoms with Crippen LogP contribution in [0.1, 0.15) is 29.5 Å². The quantitative estimate of drug-likeness (QED) is 0.555. The van der Waals surface area contributed by atoms with E-state index in [9.17, 15) is 9.59 Å². The predicted molar refractivity (Wildman–Crippen MR) is 95.3 cm³/mol. The summed E-state index contributed by atoms with van der Waals surface area (Å²) in [4.78, 5) is 24.1. The number of nitrogens with one attached hydrogen (secondary N) is 2. The van der Waals surface area contributed by atoms with Crippen LogP contribution in [0.4, 0.5) is 0 Å². The molecule has 8 nitrogen and oxygen atoms in total. The number of ether oxygens (including phenoxy) is 2. The molecule has 2 aromatic rings. The van der Waals surface area contributed by atoms with Crippen LogP contribution in [-0.4, -0.2) is 31.7 Å². The summed E-state index contributed by atoms with van der Waals surface area (Å²) in [6, 6.07) is 8.31. The molecule has 0 saturated heterocycles. The van der Waals surface area contributed by atoms with E-state index in [0.717, 1.165) is 0 Å². The van der Waals surface area contributed by atoms with E-state index in [4.69, 9.17) is 13.9 Å². The Balaban J connectivity index is 1.89. The third-order valence-corrected chi connectivity index (χ3v) is 3.42. The minimum absolute atomic E-state index is 0.0580. The first-order chi connectivity index (χ1) is 12.5. The summed E-state index contributed by atoms with van der Waals surface area (Å²) >= 11 is 0. The van der Waals surface area contributed by atoms with Crippen molar-refractivity contribution in [3.05, 3.63) is 47.9 Å². The molecule has 1 aromatic carbocycles. The molecule has 8 heteroatoms. The van der Waals surface area contributed by atoms with E-state index in [-0.39, 0.29) is 12.3 Å². The van der Waals surface area contributed by atoms with Gasteiger partial charge in [-0.15, -0.1) is 0 Å². The fourth-order valence-corrected chi connectivity index (χ4v) is 2.08. The zero-order valence-corrected chi connectivity index (χ0v) is 14.9. The van der Waals surface area contributed by atoms with Crippen LogP contribution in [0.5, 0.6) is 11.5 Å². The summed E-state index contributed by atoms with van der Waals surface area (Å²) in [5.41, 5.74) is 3.21. The number of nitrogens with zero attached hydrogens (tertiary/aromatic N) is 1. The first-order valence-corrected chi connectivity index (χ1v) is 7.87. The molecule has 0 bridgehead atoms. The van der Waals surface area contributed by atoms with Crippen molar-refractivity contribution in [3.63, 3.8) is 0 Å². The van der Waals surface area contributed by atoms with Gasteiger partial charge in [0, 0.05) is 17.3 Å². The second-order valence-corrected chi connectivity index (χ2v) is 5.42. The van der Waals surface area contributed by atoms with Gasteiger partial charge >= 0.3 is 0 Å². The van der Waals surface area contributed by atoms with Gasteiger partial charge in [-0.05, 0) is 31.2 Å². The topological polar surface area (TPSA) is 102 Å². The minimum Gasteiger partial charge on any atom is -0.497 e. The lowest BCUT2D eigenvalue weighted by atomic mass is 10.2. The second kappa shape index (κ2) is 9.26. The molecule has 0 aliphatic carbocycles. The highest BCUT2D eigenvalue weighted by molar-refractivity contribution is 6.01. The smallest absolute Gasteiger partial charge is 0.271 e. The van der Waals surface area contributed by atoms with E-state index in [1.54, 1.807) is 37.3 Å². The average Bonchev–Trinajstić information content (AvgIpc) is 3.17. The standard InChI is InChI=1S/C18H21N3O5/c1-12(7-17(22)19-11-14-5-4-6-26-14)20-21-18(23)13-8-15(24-2)10-16(9-13)25-3/h4-6,8-10H,7,11H2,1-3H3,(H,19,22)(H,21,23)/b20-12+. The van der Waals surface area contributed by atoms with E-state index in [0.29, 0.717) is 35.1 Å². The summed E-state index contributed by atoms with van der Waals surface area (Å²) < 4.78 is 15.4. The lowest BCUT2D eigenvalue weighted by molar-refractivity contribution is -0.120. The highest BCUT2D eigenvalue weighted by Crippen LogP contribution is 2.22. The van der Waals surface area contributed by atoms with Gasteiger partial charge in [-0.25, -0.2) is 5.43 Å². The molecule has 0 aliphatic rings. The lowest BCUT2D eigenvalue weighted by Gasteiger charge is -2.08. The largest absolute Gasteiger partial charge is 0.497 e. The molecule has 2 rings (SSSR count). The van der Waals surface area contributed by atoms with Crippen molar-refractivity contribution in [2.24, 2.45) is 5.10 Å². The van der Waals surface area contributed by atoms with Gasteiger partial charge in [-0.3, -0.25) is 9.59 Å². The third kappa shape index (κ3) is 5.66. The molecule has 0 aliphatic heterocycles. The summed E-state index contributed by atoms with van der Waals surface area (Å²) in [5.74, 6) is 0.991. The Kier molecular flexibility index (Phi) is 6.78. The number of carbonyl (C=O) groups is 2. The molecule has 0 atom stereocenters. The molecule has 1 heterocycles. The number of carbonyl (C=O) groups excluding carboxylic acids is 2. The van der Waals surface area contributed by atoms with E-state index < -0.39 is 5.91 Å². The van der Waals surface area contributed by atoms with Gasteiger partial charge in [0.05, 0.1) is 33.4 Å². The van der Waals surface area contributed by atoms with Crippen LogP contribution in [-0.2, 0) is 11.3 Å². The number of rotatable bonds is 8. The Hall–Kier alpha value is -3.29. The van der Waals surface area contributed by atoms with Crippen LogP contribution in [0.15, 0.2) is 46.1 Å². The van der Waals surface area contributed by atoms with Crippen molar-refractivity contribution in [3.8, 4) is 11.5 Å². The minimum atomic E-state index is -0.433. The second-order valence-electron chi connectivity index (χ2n) is 5.42. The highest BCUT2D eigenvalue weighted by Gasteiger charge is 2.10. The highest BCUT2D eigenvalue weighted by atomic mass is 16.5. The predicted octanol–water partition coefficient (Wildman–Crippen LogP) is 2.11. The fourth-order valence-electron chi connectivity index (χ4n) is 2.08. The number of amides is 2. The maximum Gasteiger partial charge on any atom is 0.271 e. The van der Waals surface area contributed by atoms with E-state index in [2.05, 4.69) is 15.8 Å². The summed E-state index contributed by atoms with van der Waals surface area (Å²) in [6.45, 7) is 1.95. The zero-order chi connectivity index (χ0) is 18.9. The Labute approximate surface area is 151 Å². The van der Waals surface area contributed by atoms with Crippen molar-refractivity contribution >= 4 is 17.5 Å². The number of benzene rings is 1. The van der Waals surface area contributed by atoms with E-state index >= 15 is 0 Å². The lowest BCUT2D eigenvalue weighted by Crippen LogP contribution is -2.26.